The molecular weight excluding hydrogens is 240 g/mol. The summed E-state index contributed by atoms with van der Waals surface area (Å²) in [4.78, 5) is 8.20. The standard InChI is InChI=1S/C15H18N2O2/c1-18-13-6-11-12(7-14(13)19-2)17-15(16-11)10-4-8-3-9(8)5-10/h6-10H,3-5H2,1-2H3,(H,16,17). The molecule has 2 aliphatic rings. The van der Waals surface area contributed by atoms with Crippen molar-refractivity contribution in [3.05, 3.63) is 18.0 Å². The van der Waals surface area contributed by atoms with Crippen LogP contribution in [0.1, 0.15) is 31.0 Å². The predicted molar refractivity (Wildman–Crippen MR) is 72.8 cm³/mol. The molecular formula is C15H18N2O2. The zero-order valence-electron chi connectivity index (χ0n) is 11.3. The first-order valence-electron chi connectivity index (χ1n) is 6.90. The molecule has 4 heteroatoms. The van der Waals surface area contributed by atoms with Gasteiger partial charge in [-0.05, 0) is 31.1 Å². The first-order valence-corrected chi connectivity index (χ1v) is 6.90. The Hall–Kier alpha value is -1.71. The van der Waals surface area contributed by atoms with Crippen molar-refractivity contribution in [3.8, 4) is 11.5 Å². The Morgan fingerprint density at radius 2 is 1.74 bits per heavy atom. The number of nitrogens with zero attached hydrogens (tertiary/aromatic N) is 1. The molecule has 1 aromatic carbocycles. The third-order valence-electron chi connectivity index (χ3n) is 4.64. The highest BCUT2D eigenvalue weighted by Crippen LogP contribution is 2.57. The monoisotopic (exact) mass is 258 g/mol. The summed E-state index contributed by atoms with van der Waals surface area (Å²) in [5.74, 6) is 5.19. The van der Waals surface area contributed by atoms with Gasteiger partial charge in [0, 0.05) is 18.1 Å². The van der Waals surface area contributed by atoms with Crippen molar-refractivity contribution in [2.45, 2.75) is 25.2 Å². The molecule has 4 nitrogen and oxygen atoms in total. The minimum atomic E-state index is 0.619. The molecule has 100 valence electrons. The van der Waals surface area contributed by atoms with Crippen molar-refractivity contribution in [1.82, 2.24) is 9.97 Å². The lowest BCUT2D eigenvalue weighted by molar-refractivity contribution is 0.356. The van der Waals surface area contributed by atoms with E-state index >= 15 is 0 Å². The zero-order chi connectivity index (χ0) is 13.0. The number of imidazole rings is 1. The van der Waals surface area contributed by atoms with E-state index in [1.807, 2.05) is 12.1 Å². The molecule has 0 spiro atoms. The van der Waals surface area contributed by atoms with Gasteiger partial charge in [0.1, 0.15) is 5.82 Å². The number of aromatic amines is 1. The lowest BCUT2D eigenvalue weighted by Crippen LogP contribution is -1.97. The maximum atomic E-state index is 5.33. The van der Waals surface area contributed by atoms with Gasteiger partial charge in [0.2, 0.25) is 0 Å². The van der Waals surface area contributed by atoms with Crippen molar-refractivity contribution < 1.29 is 9.47 Å². The van der Waals surface area contributed by atoms with Gasteiger partial charge in [-0.25, -0.2) is 4.98 Å². The van der Waals surface area contributed by atoms with Gasteiger partial charge in [-0.1, -0.05) is 0 Å². The van der Waals surface area contributed by atoms with Gasteiger partial charge < -0.3 is 14.5 Å². The smallest absolute Gasteiger partial charge is 0.163 e. The molecule has 0 bridgehead atoms. The fourth-order valence-corrected chi connectivity index (χ4v) is 3.49. The minimum absolute atomic E-state index is 0.619. The van der Waals surface area contributed by atoms with Crippen LogP contribution in [0.15, 0.2) is 12.1 Å². The topological polar surface area (TPSA) is 47.1 Å². The number of rotatable bonds is 3. The summed E-state index contributed by atoms with van der Waals surface area (Å²) in [5, 5.41) is 0. The molecule has 1 N–H and O–H groups in total. The van der Waals surface area contributed by atoms with Crippen molar-refractivity contribution in [2.24, 2.45) is 11.8 Å². The molecule has 1 aromatic heterocycles. The molecule has 0 saturated heterocycles. The zero-order valence-corrected chi connectivity index (χ0v) is 11.3. The highest BCUT2D eigenvalue weighted by molar-refractivity contribution is 5.79. The van der Waals surface area contributed by atoms with Crippen LogP contribution in [0.25, 0.3) is 11.0 Å². The van der Waals surface area contributed by atoms with Crippen LogP contribution in [-0.2, 0) is 0 Å². The third kappa shape index (κ3) is 1.70. The van der Waals surface area contributed by atoms with E-state index < -0.39 is 0 Å². The highest BCUT2D eigenvalue weighted by atomic mass is 16.5. The molecule has 2 unspecified atom stereocenters. The Morgan fingerprint density at radius 1 is 1.05 bits per heavy atom. The van der Waals surface area contributed by atoms with Crippen molar-refractivity contribution in [2.75, 3.05) is 14.2 Å². The Kier molecular flexibility index (Phi) is 2.28. The summed E-state index contributed by atoms with van der Waals surface area (Å²) in [6, 6.07) is 3.92. The summed E-state index contributed by atoms with van der Waals surface area (Å²) >= 11 is 0. The van der Waals surface area contributed by atoms with Crippen molar-refractivity contribution in [1.29, 1.82) is 0 Å². The first-order chi connectivity index (χ1) is 9.28. The van der Waals surface area contributed by atoms with Gasteiger partial charge in [-0.2, -0.15) is 0 Å². The van der Waals surface area contributed by atoms with Gasteiger partial charge >= 0.3 is 0 Å². The van der Waals surface area contributed by atoms with E-state index in [0.717, 1.165) is 40.2 Å². The van der Waals surface area contributed by atoms with E-state index in [4.69, 9.17) is 14.5 Å². The van der Waals surface area contributed by atoms with E-state index in [-0.39, 0.29) is 0 Å². The molecule has 2 saturated carbocycles. The number of hydrogen-bond acceptors (Lipinski definition) is 3. The Morgan fingerprint density at radius 3 is 2.42 bits per heavy atom. The summed E-state index contributed by atoms with van der Waals surface area (Å²) < 4.78 is 10.7. The predicted octanol–water partition coefficient (Wildman–Crippen LogP) is 3.09. The minimum Gasteiger partial charge on any atom is -0.493 e. The average Bonchev–Trinajstić information content (AvgIpc) is 2.89. The van der Waals surface area contributed by atoms with Crippen LogP contribution < -0.4 is 9.47 Å². The number of aromatic nitrogens is 2. The summed E-state index contributed by atoms with van der Waals surface area (Å²) in [5.41, 5.74) is 2.00. The Balaban J connectivity index is 1.73. The number of nitrogens with one attached hydrogen (secondary N) is 1. The van der Waals surface area contributed by atoms with Gasteiger partial charge in [0.15, 0.2) is 11.5 Å². The van der Waals surface area contributed by atoms with Crippen LogP contribution in [0.2, 0.25) is 0 Å². The number of benzene rings is 1. The molecule has 19 heavy (non-hydrogen) atoms. The molecule has 0 amide bonds. The quantitative estimate of drug-likeness (QED) is 0.920. The molecule has 0 aliphatic heterocycles. The Bertz CT molecular complexity index is 583. The highest BCUT2D eigenvalue weighted by Gasteiger charge is 2.46. The maximum absolute atomic E-state index is 5.33. The SMILES string of the molecule is COc1cc2nc(C3CC4CC4C3)[nH]c2cc1OC. The Labute approximate surface area is 112 Å². The van der Waals surface area contributed by atoms with Crippen LogP contribution in [0.3, 0.4) is 0 Å². The van der Waals surface area contributed by atoms with Crippen LogP contribution in [0, 0.1) is 11.8 Å². The van der Waals surface area contributed by atoms with Crippen LogP contribution in [0.4, 0.5) is 0 Å². The lowest BCUT2D eigenvalue weighted by Gasteiger charge is -2.06. The number of methoxy groups -OCH3 is 2. The fourth-order valence-electron chi connectivity index (χ4n) is 3.49. The van der Waals surface area contributed by atoms with Gasteiger partial charge in [0.05, 0.1) is 25.3 Å². The number of ether oxygens (including phenoxy) is 2. The van der Waals surface area contributed by atoms with E-state index in [1.54, 1.807) is 14.2 Å². The molecule has 2 atom stereocenters. The lowest BCUT2D eigenvalue weighted by atomic mass is 10.0. The van der Waals surface area contributed by atoms with Crippen LogP contribution in [-0.4, -0.2) is 24.2 Å². The number of fused-ring (bicyclic) bond motifs is 2. The summed E-state index contributed by atoms with van der Waals surface area (Å²) in [7, 11) is 3.31. The molecule has 4 rings (SSSR count). The molecule has 2 fully saturated rings. The molecule has 2 aliphatic carbocycles. The summed E-state index contributed by atoms with van der Waals surface area (Å²) in [6.45, 7) is 0. The fraction of sp³-hybridized carbons (Fsp3) is 0.533. The number of H-pyrrole nitrogens is 1. The first kappa shape index (κ1) is 11.1. The van der Waals surface area contributed by atoms with Crippen molar-refractivity contribution >= 4 is 11.0 Å². The van der Waals surface area contributed by atoms with Gasteiger partial charge in [0.25, 0.3) is 0 Å². The molecule has 2 aromatic rings. The van der Waals surface area contributed by atoms with Crippen LogP contribution >= 0.6 is 0 Å². The van der Waals surface area contributed by atoms with E-state index in [0.29, 0.717) is 5.92 Å². The second-order valence-electron chi connectivity index (χ2n) is 5.77. The second kappa shape index (κ2) is 3.89. The maximum Gasteiger partial charge on any atom is 0.163 e. The van der Waals surface area contributed by atoms with Gasteiger partial charge in [-0.15, -0.1) is 0 Å². The van der Waals surface area contributed by atoms with Crippen LogP contribution in [0.5, 0.6) is 11.5 Å². The van der Waals surface area contributed by atoms with E-state index in [2.05, 4.69) is 4.98 Å². The molecule has 0 radical (unpaired) electrons. The largest absolute Gasteiger partial charge is 0.493 e. The average molecular weight is 258 g/mol. The van der Waals surface area contributed by atoms with Crippen molar-refractivity contribution in [3.63, 3.8) is 0 Å². The number of hydrogen-bond donors (Lipinski definition) is 1. The normalized spacial score (nSPS) is 28.4. The molecule has 1 heterocycles. The summed E-state index contributed by atoms with van der Waals surface area (Å²) in [6.07, 6.45) is 4.05. The second-order valence-corrected chi connectivity index (χ2v) is 5.77. The van der Waals surface area contributed by atoms with E-state index in [1.165, 1.54) is 19.3 Å². The third-order valence-corrected chi connectivity index (χ3v) is 4.64. The van der Waals surface area contributed by atoms with E-state index in [9.17, 15) is 0 Å². The van der Waals surface area contributed by atoms with Gasteiger partial charge in [-0.3, -0.25) is 0 Å².